The molecule has 2 rings (SSSR count). The molecule has 0 radical (unpaired) electrons. The summed E-state index contributed by atoms with van der Waals surface area (Å²) in [6, 6.07) is 4.80. The fraction of sp³-hybridized carbons (Fsp3) is 0.550. The van der Waals surface area contributed by atoms with Crippen molar-refractivity contribution in [3.05, 3.63) is 35.7 Å². The zero-order valence-electron chi connectivity index (χ0n) is 16.6. The van der Waals surface area contributed by atoms with E-state index < -0.39 is 11.7 Å². The molecule has 1 heterocycles. The van der Waals surface area contributed by atoms with Crippen molar-refractivity contribution in [3.8, 4) is 11.4 Å². The molecule has 0 saturated carbocycles. The summed E-state index contributed by atoms with van der Waals surface area (Å²) in [7, 11) is 0. The standard InChI is InChI=1S/C20H26F3N3O2/c1-13(2)10-18(27)26(12-14(3)4)9-8-17-24-19(25-28-17)15-6-5-7-16(11-15)20(21,22)23/h5-7,11,13-14H,8-10,12H2,1-4H3. The maximum atomic E-state index is 12.9. The number of benzene rings is 1. The molecule has 0 saturated heterocycles. The fourth-order valence-corrected chi connectivity index (χ4v) is 2.78. The Balaban J connectivity index is 2.08. The third kappa shape index (κ3) is 6.35. The SMILES string of the molecule is CC(C)CC(=O)N(CCc1nc(-c2cccc(C(F)(F)F)c2)no1)CC(C)C. The topological polar surface area (TPSA) is 59.2 Å². The lowest BCUT2D eigenvalue weighted by Gasteiger charge is -2.24. The number of halogens is 3. The highest BCUT2D eigenvalue weighted by atomic mass is 19.4. The van der Waals surface area contributed by atoms with Gasteiger partial charge >= 0.3 is 6.18 Å². The second-order valence-electron chi connectivity index (χ2n) is 7.67. The Kier molecular flexibility index (Phi) is 7.21. The molecule has 1 amide bonds. The lowest BCUT2D eigenvalue weighted by molar-refractivity contribution is -0.137. The molecule has 0 N–H and O–H groups in total. The van der Waals surface area contributed by atoms with Crippen molar-refractivity contribution in [2.24, 2.45) is 11.8 Å². The van der Waals surface area contributed by atoms with Crippen LogP contribution in [-0.4, -0.2) is 34.0 Å². The van der Waals surface area contributed by atoms with Gasteiger partial charge < -0.3 is 9.42 Å². The lowest BCUT2D eigenvalue weighted by atomic mass is 10.1. The number of carbonyl (C=O) groups excluding carboxylic acids is 1. The van der Waals surface area contributed by atoms with E-state index in [0.717, 1.165) is 12.1 Å². The first-order valence-corrected chi connectivity index (χ1v) is 9.34. The monoisotopic (exact) mass is 397 g/mol. The quantitative estimate of drug-likeness (QED) is 0.640. The molecule has 2 aromatic rings. The molecule has 8 heteroatoms. The first-order chi connectivity index (χ1) is 13.1. The number of amides is 1. The molecular weight excluding hydrogens is 371 g/mol. The van der Waals surface area contributed by atoms with Crippen LogP contribution >= 0.6 is 0 Å². The molecule has 5 nitrogen and oxygen atoms in total. The number of alkyl halides is 3. The zero-order chi connectivity index (χ0) is 20.9. The van der Waals surface area contributed by atoms with E-state index in [-0.39, 0.29) is 23.2 Å². The van der Waals surface area contributed by atoms with E-state index >= 15 is 0 Å². The maximum Gasteiger partial charge on any atom is 0.416 e. The van der Waals surface area contributed by atoms with Gasteiger partial charge in [0.15, 0.2) is 0 Å². The normalized spacial score (nSPS) is 12.0. The molecule has 1 aromatic heterocycles. The van der Waals surface area contributed by atoms with Crippen LogP contribution in [-0.2, 0) is 17.4 Å². The van der Waals surface area contributed by atoms with Crippen molar-refractivity contribution >= 4 is 5.91 Å². The van der Waals surface area contributed by atoms with Crippen molar-refractivity contribution in [2.75, 3.05) is 13.1 Å². The van der Waals surface area contributed by atoms with Gasteiger partial charge in [-0.05, 0) is 24.0 Å². The second kappa shape index (κ2) is 9.21. The second-order valence-corrected chi connectivity index (χ2v) is 7.67. The van der Waals surface area contributed by atoms with Gasteiger partial charge in [0, 0.05) is 31.5 Å². The summed E-state index contributed by atoms with van der Waals surface area (Å²) in [6.45, 7) is 9.10. The molecule has 154 valence electrons. The molecular formula is C20H26F3N3O2. The predicted molar refractivity (Wildman–Crippen MR) is 99.3 cm³/mol. The number of nitrogens with zero attached hydrogens (tertiary/aromatic N) is 3. The molecule has 0 fully saturated rings. The Hall–Kier alpha value is -2.38. The van der Waals surface area contributed by atoms with Gasteiger partial charge in [-0.2, -0.15) is 18.2 Å². The van der Waals surface area contributed by atoms with Crippen LogP contribution in [0.3, 0.4) is 0 Å². The summed E-state index contributed by atoms with van der Waals surface area (Å²) in [6.07, 6.45) is -3.62. The molecule has 0 aliphatic heterocycles. The molecule has 0 aliphatic rings. The van der Waals surface area contributed by atoms with Crippen LogP contribution in [0, 0.1) is 11.8 Å². The van der Waals surface area contributed by atoms with E-state index in [9.17, 15) is 18.0 Å². The van der Waals surface area contributed by atoms with Crippen LogP contribution < -0.4 is 0 Å². The minimum Gasteiger partial charge on any atom is -0.342 e. The molecule has 1 aromatic carbocycles. The highest BCUT2D eigenvalue weighted by Gasteiger charge is 2.30. The number of hydrogen-bond donors (Lipinski definition) is 0. The van der Waals surface area contributed by atoms with Crippen molar-refractivity contribution in [1.82, 2.24) is 15.0 Å². The summed E-state index contributed by atoms with van der Waals surface area (Å²) >= 11 is 0. The largest absolute Gasteiger partial charge is 0.416 e. The maximum absolute atomic E-state index is 12.9. The summed E-state index contributed by atoms with van der Waals surface area (Å²) in [5.74, 6) is 1.04. The van der Waals surface area contributed by atoms with Crippen LogP contribution in [0.4, 0.5) is 13.2 Å². The molecule has 0 unspecified atom stereocenters. The van der Waals surface area contributed by atoms with E-state index in [1.54, 1.807) is 4.90 Å². The fourth-order valence-electron chi connectivity index (χ4n) is 2.78. The highest BCUT2D eigenvalue weighted by Crippen LogP contribution is 2.31. The Morgan fingerprint density at radius 2 is 1.89 bits per heavy atom. The third-order valence-electron chi connectivity index (χ3n) is 4.03. The average Bonchev–Trinajstić information content (AvgIpc) is 3.06. The van der Waals surface area contributed by atoms with Crippen LogP contribution in [0.1, 0.15) is 45.6 Å². The van der Waals surface area contributed by atoms with E-state index in [4.69, 9.17) is 4.52 Å². The molecule has 28 heavy (non-hydrogen) atoms. The van der Waals surface area contributed by atoms with Crippen LogP contribution in [0.25, 0.3) is 11.4 Å². The van der Waals surface area contributed by atoms with Crippen LogP contribution in [0.15, 0.2) is 28.8 Å². The molecule has 0 spiro atoms. The summed E-state index contributed by atoms with van der Waals surface area (Å²) in [5, 5.41) is 3.78. The molecule has 0 aliphatic carbocycles. The highest BCUT2D eigenvalue weighted by molar-refractivity contribution is 5.76. The van der Waals surface area contributed by atoms with Gasteiger partial charge in [0.05, 0.1) is 5.56 Å². The summed E-state index contributed by atoms with van der Waals surface area (Å²) in [5.41, 5.74) is -0.529. The Labute approximate surface area is 162 Å². The van der Waals surface area contributed by atoms with Crippen LogP contribution in [0.5, 0.6) is 0 Å². The minimum absolute atomic E-state index is 0.0707. The first kappa shape index (κ1) is 21.9. The Morgan fingerprint density at radius 3 is 2.50 bits per heavy atom. The molecule has 0 bridgehead atoms. The number of rotatable bonds is 8. The molecule has 0 atom stereocenters. The lowest BCUT2D eigenvalue weighted by Crippen LogP contribution is -2.36. The van der Waals surface area contributed by atoms with Crippen LogP contribution in [0.2, 0.25) is 0 Å². The van der Waals surface area contributed by atoms with Gasteiger partial charge in [0.25, 0.3) is 0 Å². The summed E-state index contributed by atoms with van der Waals surface area (Å²) < 4.78 is 43.8. The Morgan fingerprint density at radius 1 is 1.18 bits per heavy atom. The van der Waals surface area contributed by atoms with E-state index in [1.165, 1.54) is 12.1 Å². The zero-order valence-corrected chi connectivity index (χ0v) is 16.6. The smallest absolute Gasteiger partial charge is 0.342 e. The van der Waals surface area contributed by atoms with Gasteiger partial charge in [-0.3, -0.25) is 4.79 Å². The van der Waals surface area contributed by atoms with Crippen molar-refractivity contribution in [2.45, 2.75) is 46.7 Å². The number of carbonyl (C=O) groups is 1. The van der Waals surface area contributed by atoms with E-state index in [1.807, 2.05) is 27.7 Å². The predicted octanol–water partition coefficient (Wildman–Crippen LogP) is 4.83. The van der Waals surface area contributed by atoms with Gasteiger partial charge in [0.1, 0.15) is 0 Å². The van der Waals surface area contributed by atoms with Gasteiger partial charge in [-0.25, -0.2) is 0 Å². The van der Waals surface area contributed by atoms with Gasteiger partial charge in [-0.1, -0.05) is 45.0 Å². The van der Waals surface area contributed by atoms with Crippen molar-refractivity contribution in [3.63, 3.8) is 0 Å². The Bertz CT molecular complexity index is 785. The average molecular weight is 397 g/mol. The first-order valence-electron chi connectivity index (χ1n) is 9.34. The van der Waals surface area contributed by atoms with E-state index in [0.29, 0.717) is 37.7 Å². The number of aromatic nitrogens is 2. The number of hydrogen-bond acceptors (Lipinski definition) is 4. The van der Waals surface area contributed by atoms with Crippen molar-refractivity contribution in [1.29, 1.82) is 0 Å². The summed E-state index contributed by atoms with van der Waals surface area (Å²) in [4.78, 5) is 18.4. The van der Waals surface area contributed by atoms with Gasteiger partial charge in [0.2, 0.25) is 17.6 Å². The third-order valence-corrected chi connectivity index (χ3v) is 4.03. The van der Waals surface area contributed by atoms with E-state index in [2.05, 4.69) is 10.1 Å². The van der Waals surface area contributed by atoms with Crippen molar-refractivity contribution < 1.29 is 22.5 Å². The minimum atomic E-state index is -4.43. The van der Waals surface area contributed by atoms with Gasteiger partial charge in [-0.15, -0.1) is 0 Å².